The molecule has 0 fully saturated rings. The van der Waals surface area contributed by atoms with E-state index in [0.717, 1.165) is 10.5 Å². The fourth-order valence-electron chi connectivity index (χ4n) is 1.82. The van der Waals surface area contributed by atoms with E-state index in [4.69, 9.17) is 4.74 Å². The summed E-state index contributed by atoms with van der Waals surface area (Å²) in [5.74, 6) is -0.846. The predicted octanol–water partition coefficient (Wildman–Crippen LogP) is 2.84. The largest absolute Gasteiger partial charge is 0.484 e. The Kier molecular flexibility index (Phi) is 6.82. The summed E-state index contributed by atoms with van der Waals surface area (Å²) >= 11 is 1.39. The summed E-state index contributed by atoms with van der Waals surface area (Å²) in [6.07, 6.45) is 0. The molecule has 0 radical (unpaired) electrons. The summed E-state index contributed by atoms with van der Waals surface area (Å²) in [6.45, 7) is 3.46. The first-order valence-corrected chi connectivity index (χ1v) is 8.52. The molecule has 25 heavy (non-hydrogen) atoms. The van der Waals surface area contributed by atoms with Gasteiger partial charge in [0, 0.05) is 4.90 Å². The van der Waals surface area contributed by atoms with Crippen LogP contribution in [0, 0.1) is 12.7 Å². The van der Waals surface area contributed by atoms with Crippen molar-refractivity contribution in [1.82, 2.24) is 10.9 Å². The highest BCUT2D eigenvalue weighted by atomic mass is 32.2. The molecule has 2 rings (SSSR count). The van der Waals surface area contributed by atoms with Gasteiger partial charge in [-0.1, -0.05) is 17.7 Å². The van der Waals surface area contributed by atoms with E-state index in [1.807, 2.05) is 31.2 Å². The molecule has 0 saturated heterocycles. The van der Waals surface area contributed by atoms with Crippen molar-refractivity contribution in [1.29, 1.82) is 0 Å². The van der Waals surface area contributed by atoms with Crippen LogP contribution in [0.3, 0.4) is 0 Å². The molecule has 0 heterocycles. The number of nitrogens with one attached hydrogen (secondary N) is 2. The fourth-order valence-corrected chi connectivity index (χ4v) is 2.69. The molecule has 0 aromatic heterocycles. The Morgan fingerprint density at radius 3 is 2.36 bits per heavy atom. The topological polar surface area (TPSA) is 67.4 Å². The third-order valence-electron chi connectivity index (χ3n) is 3.21. The van der Waals surface area contributed by atoms with Gasteiger partial charge in [0.15, 0.2) is 6.61 Å². The van der Waals surface area contributed by atoms with Gasteiger partial charge in [0.25, 0.3) is 11.8 Å². The zero-order valence-corrected chi connectivity index (χ0v) is 14.7. The van der Waals surface area contributed by atoms with Gasteiger partial charge in [-0.2, -0.15) is 0 Å². The lowest BCUT2D eigenvalue weighted by Crippen LogP contribution is -2.46. The van der Waals surface area contributed by atoms with E-state index in [9.17, 15) is 14.0 Å². The molecular weight excluding hydrogens is 343 g/mol. The van der Waals surface area contributed by atoms with E-state index in [-0.39, 0.29) is 23.6 Å². The SMILES string of the molecule is Cc1ccc(S[C@@H](C)C(=O)NNC(=O)COc2ccc(F)cc2)cc1. The first kappa shape index (κ1) is 18.8. The van der Waals surface area contributed by atoms with Crippen molar-refractivity contribution < 1.29 is 18.7 Å². The number of halogens is 1. The molecule has 7 heteroatoms. The van der Waals surface area contributed by atoms with Gasteiger partial charge in [-0.15, -0.1) is 11.8 Å². The molecule has 0 spiro atoms. The van der Waals surface area contributed by atoms with Crippen molar-refractivity contribution in [2.45, 2.75) is 24.0 Å². The number of benzene rings is 2. The Hall–Kier alpha value is -2.54. The van der Waals surface area contributed by atoms with Crippen molar-refractivity contribution in [2.24, 2.45) is 0 Å². The molecule has 5 nitrogen and oxygen atoms in total. The maximum absolute atomic E-state index is 12.8. The third kappa shape index (κ3) is 6.46. The van der Waals surface area contributed by atoms with Gasteiger partial charge in [-0.3, -0.25) is 20.4 Å². The van der Waals surface area contributed by atoms with Crippen LogP contribution in [0.2, 0.25) is 0 Å². The molecule has 2 aromatic carbocycles. The van der Waals surface area contributed by atoms with Crippen molar-refractivity contribution >= 4 is 23.6 Å². The lowest BCUT2D eigenvalue weighted by molar-refractivity contribution is -0.129. The first-order chi connectivity index (χ1) is 11.9. The molecule has 2 amide bonds. The van der Waals surface area contributed by atoms with E-state index in [2.05, 4.69) is 10.9 Å². The molecule has 0 unspecified atom stereocenters. The van der Waals surface area contributed by atoms with Crippen LogP contribution < -0.4 is 15.6 Å². The molecular formula is C18H19FN2O3S. The predicted molar refractivity (Wildman–Crippen MR) is 94.7 cm³/mol. The van der Waals surface area contributed by atoms with Crippen LogP contribution in [0.1, 0.15) is 12.5 Å². The van der Waals surface area contributed by atoms with E-state index in [1.165, 1.54) is 36.0 Å². The van der Waals surface area contributed by atoms with Crippen LogP contribution in [0.4, 0.5) is 4.39 Å². The Labute approximate surface area is 149 Å². The minimum atomic E-state index is -0.509. The van der Waals surface area contributed by atoms with Crippen molar-refractivity contribution in [3.05, 3.63) is 59.9 Å². The second-order valence-electron chi connectivity index (χ2n) is 5.35. The molecule has 0 aliphatic rings. The molecule has 2 N–H and O–H groups in total. The van der Waals surface area contributed by atoms with Crippen LogP contribution in [0.25, 0.3) is 0 Å². The van der Waals surface area contributed by atoms with Crippen molar-refractivity contribution in [3.63, 3.8) is 0 Å². The fraction of sp³-hybridized carbons (Fsp3) is 0.222. The summed E-state index contributed by atoms with van der Waals surface area (Å²) in [5, 5.41) is -0.374. The number of aryl methyl sites for hydroxylation is 1. The van der Waals surface area contributed by atoms with Gasteiger partial charge < -0.3 is 4.74 Å². The summed E-state index contributed by atoms with van der Waals surface area (Å²) in [5.41, 5.74) is 5.80. The molecule has 2 aromatic rings. The summed E-state index contributed by atoms with van der Waals surface area (Å²) in [4.78, 5) is 24.6. The number of thioether (sulfide) groups is 1. The molecule has 0 aliphatic carbocycles. The minimum absolute atomic E-state index is 0.286. The Morgan fingerprint density at radius 1 is 1.08 bits per heavy atom. The summed E-state index contributed by atoms with van der Waals surface area (Å²) < 4.78 is 17.9. The highest BCUT2D eigenvalue weighted by Gasteiger charge is 2.15. The molecule has 0 saturated carbocycles. The second-order valence-corrected chi connectivity index (χ2v) is 6.77. The summed E-state index contributed by atoms with van der Waals surface area (Å²) in [7, 11) is 0. The normalized spacial score (nSPS) is 11.5. The molecule has 0 bridgehead atoms. The third-order valence-corrected chi connectivity index (χ3v) is 4.32. The van der Waals surface area contributed by atoms with Crippen LogP contribution >= 0.6 is 11.8 Å². The number of hydrogen-bond donors (Lipinski definition) is 2. The highest BCUT2D eigenvalue weighted by Crippen LogP contribution is 2.23. The molecule has 1 atom stereocenters. The number of amides is 2. The second kappa shape index (κ2) is 9.08. The van der Waals surface area contributed by atoms with E-state index in [1.54, 1.807) is 6.92 Å². The van der Waals surface area contributed by atoms with Gasteiger partial charge in [0.05, 0.1) is 5.25 Å². The number of hydrogen-bond acceptors (Lipinski definition) is 4. The summed E-state index contributed by atoms with van der Waals surface area (Å²) in [6, 6.07) is 13.1. The smallest absolute Gasteiger partial charge is 0.276 e. The van der Waals surface area contributed by atoms with Gasteiger partial charge in [0.1, 0.15) is 11.6 Å². The maximum Gasteiger partial charge on any atom is 0.276 e. The molecule has 0 aliphatic heterocycles. The van der Waals surface area contributed by atoms with Gasteiger partial charge in [-0.25, -0.2) is 4.39 Å². The van der Waals surface area contributed by atoms with E-state index >= 15 is 0 Å². The monoisotopic (exact) mass is 362 g/mol. The van der Waals surface area contributed by atoms with Gasteiger partial charge in [-0.05, 0) is 50.2 Å². The quantitative estimate of drug-likeness (QED) is 0.613. The Bertz CT molecular complexity index is 720. The highest BCUT2D eigenvalue weighted by molar-refractivity contribution is 8.00. The van der Waals surface area contributed by atoms with Gasteiger partial charge >= 0.3 is 0 Å². The standard InChI is InChI=1S/C18H19FN2O3S/c1-12-3-9-16(10-4-12)25-13(2)18(23)21-20-17(22)11-24-15-7-5-14(19)6-8-15/h3-10,13H,11H2,1-2H3,(H,20,22)(H,21,23)/t13-/m0/s1. The Morgan fingerprint density at radius 2 is 1.72 bits per heavy atom. The van der Waals surface area contributed by atoms with Crippen LogP contribution in [-0.2, 0) is 9.59 Å². The zero-order chi connectivity index (χ0) is 18.2. The van der Waals surface area contributed by atoms with E-state index in [0.29, 0.717) is 5.75 Å². The number of carbonyl (C=O) groups excluding carboxylic acids is 2. The number of carbonyl (C=O) groups is 2. The number of ether oxygens (including phenoxy) is 1. The van der Waals surface area contributed by atoms with Crippen LogP contribution in [-0.4, -0.2) is 23.7 Å². The van der Waals surface area contributed by atoms with Gasteiger partial charge in [0.2, 0.25) is 0 Å². The Balaban J connectivity index is 1.71. The number of hydrazine groups is 1. The minimum Gasteiger partial charge on any atom is -0.484 e. The lowest BCUT2D eigenvalue weighted by Gasteiger charge is -2.13. The van der Waals surface area contributed by atoms with Crippen LogP contribution in [0.5, 0.6) is 5.75 Å². The first-order valence-electron chi connectivity index (χ1n) is 7.64. The average molecular weight is 362 g/mol. The van der Waals surface area contributed by atoms with Crippen molar-refractivity contribution in [2.75, 3.05) is 6.61 Å². The zero-order valence-electron chi connectivity index (χ0n) is 13.9. The van der Waals surface area contributed by atoms with Crippen LogP contribution in [0.15, 0.2) is 53.4 Å². The molecule has 132 valence electrons. The van der Waals surface area contributed by atoms with Crippen molar-refractivity contribution in [3.8, 4) is 5.75 Å². The lowest BCUT2D eigenvalue weighted by atomic mass is 10.2. The van der Waals surface area contributed by atoms with E-state index < -0.39 is 5.91 Å². The number of rotatable bonds is 6. The maximum atomic E-state index is 12.8. The average Bonchev–Trinajstić information content (AvgIpc) is 2.61.